The number of benzene rings is 2. The van der Waals surface area contributed by atoms with Gasteiger partial charge in [0, 0.05) is 36.4 Å². The molecule has 6 nitrogen and oxygen atoms in total. The van der Waals surface area contributed by atoms with E-state index in [9.17, 15) is 27.6 Å². The van der Waals surface area contributed by atoms with Crippen LogP contribution in [0.15, 0.2) is 53.9 Å². The number of carbonyl (C=O) groups is 3. The molecule has 2 heterocycles. The van der Waals surface area contributed by atoms with Crippen LogP contribution in [0.5, 0.6) is 0 Å². The largest absolute Gasteiger partial charge is 0.469 e. The van der Waals surface area contributed by atoms with Gasteiger partial charge >= 0.3 is 12.1 Å². The second kappa shape index (κ2) is 11.5. The van der Waals surface area contributed by atoms with Gasteiger partial charge in [0.15, 0.2) is 5.78 Å². The lowest BCUT2D eigenvalue weighted by Gasteiger charge is -2.31. The van der Waals surface area contributed by atoms with Crippen LogP contribution in [0.4, 0.5) is 13.2 Å². The van der Waals surface area contributed by atoms with Gasteiger partial charge in [-0.3, -0.25) is 14.4 Å². The van der Waals surface area contributed by atoms with Crippen molar-refractivity contribution in [2.75, 3.05) is 20.2 Å². The minimum atomic E-state index is -4.43. The minimum Gasteiger partial charge on any atom is -0.469 e. The number of esters is 1. The van der Waals surface area contributed by atoms with Crippen LogP contribution in [-0.4, -0.2) is 47.7 Å². The van der Waals surface area contributed by atoms with Crippen LogP contribution in [0.3, 0.4) is 0 Å². The third-order valence-electron chi connectivity index (χ3n) is 6.71. The summed E-state index contributed by atoms with van der Waals surface area (Å²) in [6.07, 6.45) is -3.05. The van der Waals surface area contributed by atoms with E-state index in [4.69, 9.17) is 0 Å². The van der Waals surface area contributed by atoms with Gasteiger partial charge in [0.2, 0.25) is 0 Å². The highest BCUT2D eigenvalue weighted by atomic mass is 32.1. The topological polar surface area (TPSA) is 76.6 Å². The Morgan fingerprint density at radius 3 is 2.37 bits per heavy atom. The van der Waals surface area contributed by atoms with Gasteiger partial charge in [0.1, 0.15) is 5.69 Å². The summed E-state index contributed by atoms with van der Waals surface area (Å²) in [6, 6.07) is 11.7. The zero-order chi connectivity index (χ0) is 27.4. The van der Waals surface area contributed by atoms with Crippen LogP contribution in [0.1, 0.15) is 63.5 Å². The molecule has 200 valence electrons. The molecule has 1 aromatic heterocycles. The molecule has 1 aliphatic heterocycles. The van der Waals surface area contributed by atoms with E-state index in [-0.39, 0.29) is 24.0 Å². The van der Waals surface area contributed by atoms with E-state index in [1.807, 2.05) is 0 Å². The quantitative estimate of drug-likeness (QED) is 0.260. The Balaban J connectivity index is 1.41. The third-order valence-corrected chi connectivity index (χ3v) is 7.72. The van der Waals surface area contributed by atoms with E-state index in [0.717, 1.165) is 17.1 Å². The second-order valence-corrected chi connectivity index (χ2v) is 10.2. The summed E-state index contributed by atoms with van der Waals surface area (Å²) in [5.74, 6) is -1.26. The monoisotopic (exact) mass is 544 g/mol. The lowest BCUT2D eigenvalue weighted by molar-refractivity contribution is -0.144. The van der Waals surface area contributed by atoms with Gasteiger partial charge in [-0.2, -0.15) is 13.2 Å². The number of piperidine rings is 1. The van der Waals surface area contributed by atoms with Gasteiger partial charge in [-0.1, -0.05) is 37.3 Å². The fourth-order valence-electron chi connectivity index (χ4n) is 4.53. The molecule has 0 aliphatic carbocycles. The van der Waals surface area contributed by atoms with Crippen molar-refractivity contribution in [2.45, 2.75) is 38.3 Å². The van der Waals surface area contributed by atoms with Crippen LogP contribution in [0, 0.1) is 5.92 Å². The molecule has 1 atom stereocenters. The zero-order valence-electron chi connectivity index (χ0n) is 21.0. The molecule has 1 amide bonds. The molecule has 10 heteroatoms. The standard InChI is InChI=1S/C28H27F3N2O4S/c1-17(27(36)37-2)15-24(34)23-16-38-25(32-23)19-11-13-33(14-12-19)26(35)22-6-4-3-5-21(22)18-7-9-20(10-8-18)28(29,30)31/h3-10,16-17,19H,11-15H2,1-2H3. The van der Waals surface area contributed by atoms with Crippen LogP contribution >= 0.6 is 11.3 Å². The van der Waals surface area contributed by atoms with Crippen LogP contribution in [-0.2, 0) is 15.7 Å². The predicted octanol–water partition coefficient (Wildman–Crippen LogP) is 6.23. The fourth-order valence-corrected chi connectivity index (χ4v) is 5.53. The molecular weight excluding hydrogens is 517 g/mol. The first-order valence-corrected chi connectivity index (χ1v) is 13.1. The Hall–Kier alpha value is -3.53. The molecule has 3 aromatic rings. The summed E-state index contributed by atoms with van der Waals surface area (Å²) in [4.78, 5) is 43.8. The van der Waals surface area contributed by atoms with Crippen LogP contribution < -0.4 is 0 Å². The van der Waals surface area contributed by atoms with Crippen molar-refractivity contribution in [1.29, 1.82) is 0 Å². The van der Waals surface area contributed by atoms with E-state index in [1.165, 1.54) is 30.6 Å². The Labute approximate surface area is 222 Å². The van der Waals surface area contributed by atoms with Gasteiger partial charge in [0.05, 0.1) is 23.6 Å². The molecule has 1 fully saturated rings. The molecule has 4 rings (SSSR count). The Bertz CT molecular complexity index is 1310. The van der Waals surface area contributed by atoms with Gasteiger partial charge in [-0.15, -0.1) is 11.3 Å². The molecule has 0 spiro atoms. The van der Waals surface area contributed by atoms with Crippen molar-refractivity contribution in [3.63, 3.8) is 0 Å². The number of methoxy groups -OCH3 is 1. The Kier molecular flexibility index (Phi) is 8.30. The number of alkyl halides is 3. The molecular formula is C28H27F3N2O4S. The number of ketones is 1. The Morgan fingerprint density at radius 2 is 1.74 bits per heavy atom. The first-order valence-electron chi connectivity index (χ1n) is 12.2. The summed E-state index contributed by atoms with van der Waals surface area (Å²) >= 11 is 1.40. The maximum Gasteiger partial charge on any atom is 0.416 e. The number of aromatic nitrogens is 1. The fraction of sp³-hybridized carbons (Fsp3) is 0.357. The number of hydrogen-bond donors (Lipinski definition) is 0. The number of carbonyl (C=O) groups excluding carboxylic acids is 3. The highest BCUT2D eigenvalue weighted by Gasteiger charge is 2.31. The first kappa shape index (κ1) is 27.5. The maximum atomic E-state index is 13.4. The number of halogens is 3. The number of likely N-dealkylation sites (tertiary alicyclic amines) is 1. The molecule has 38 heavy (non-hydrogen) atoms. The van der Waals surface area contributed by atoms with Crippen molar-refractivity contribution in [3.05, 3.63) is 75.7 Å². The molecule has 1 unspecified atom stereocenters. The summed E-state index contributed by atoms with van der Waals surface area (Å²) in [5, 5.41) is 2.54. The number of thiazole rings is 1. The summed E-state index contributed by atoms with van der Waals surface area (Å²) in [7, 11) is 1.29. The normalized spacial score (nSPS) is 15.2. The summed E-state index contributed by atoms with van der Waals surface area (Å²) < 4.78 is 43.6. The second-order valence-electron chi connectivity index (χ2n) is 9.31. The van der Waals surface area contributed by atoms with Crippen molar-refractivity contribution in [2.24, 2.45) is 5.92 Å². The van der Waals surface area contributed by atoms with E-state index in [0.29, 0.717) is 48.3 Å². The first-order chi connectivity index (χ1) is 18.1. The SMILES string of the molecule is COC(=O)C(C)CC(=O)c1csc(C2CCN(C(=O)c3ccccc3-c3ccc(C(F)(F)F)cc3)CC2)n1. The molecule has 2 aromatic carbocycles. The van der Waals surface area contributed by atoms with E-state index in [2.05, 4.69) is 9.72 Å². The average Bonchev–Trinajstić information content (AvgIpc) is 3.42. The number of amides is 1. The highest BCUT2D eigenvalue weighted by molar-refractivity contribution is 7.09. The molecule has 1 saturated heterocycles. The predicted molar refractivity (Wildman–Crippen MR) is 137 cm³/mol. The van der Waals surface area contributed by atoms with E-state index in [1.54, 1.807) is 41.5 Å². The van der Waals surface area contributed by atoms with E-state index < -0.39 is 23.6 Å². The highest BCUT2D eigenvalue weighted by Crippen LogP contribution is 2.34. The number of ether oxygens (including phenoxy) is 1. The zero-order valence-corrected chi connectivity index (χ0v) is 21.8. The van der Waals surface area contributed by atoms with Gasteiger partial charge in [0.25, 0.3) is 5.91 Å². The molecule has 0 N–H and O–H groups in total. The Morgan fingerprint density at radius 1 is 1.08 bits per heavy atom. The molecule has 0 saturated carbocycles. The lowest BCUT2D eigenvalue weighted by atomic mass is 9.94. The number of nitrogens with zero attached hydrogens (tertiary/aromatic N) is 2. The van der Waals surface area contributed by atoms with Gasteiger partial charge < -0.3 is 9.64 Å². The summed E-state index contributed by atoms with van der Waals surface area (Å²) in [5.41, 5.74) is 1.16. The molecule has 0 radical (unpaired) electrons. The smallest absolute Gasteiger partial charge is 0.416 e. The number of Topliss-reactive ketones (excluding diaryl/α,β-unsaturated/α-hetero) is 1. The lowest BCUT2D eigenvalue weighted by Crippen LogP contribution is -2.38. The van der Waals surface area contributed by atoms with Crippen molar-refractivity contribution in [1.82, 2.24) is 9.88 Å². The van der Waals surface area contributed by atoms with Gasteiger partial charge in [-0.05, 0) is 42.2 Å². The molecule has 0 bridgehead atoms. The average molecular weight is 545 g/mol. The summed E-state index contributed by atoms with van der Waals surface area (Å²) in [6.45, 7) is 2.62. The number of rotatable bonds is 7. The minimum absolute atomic E-state index is 0.0289. The van der Waals surface area contributed by atoms with Crippen LogP contribution in [0.2, 0.25) is 0 Å². The number of hydrogen-bond acceptors (Lipinski definition) is 6. The maximum absolute atomic E-state index is 13.4. The third kappa shape index (κ3) is 6.12. The molecule has 1 aliphatic rings. The van der Waals surface area contributed by atoms with Crippen molar-refractivity contribution in [3.8, 4) is 11.1 Å². The van der Waals surface area contributed by atoms with Gasteiger partial charge in [-0.25, -0.2) is 4.98 Å². The van der Waals surface area contributed by atoms with Crippen molar-refractivity contribution >= 4 is 29.0 Å². The van der Waals surface area contributed by atoms with Crippen LogP contribution in [0.25, 0.3) is 11.1 Å². The van der Waals surface area contributed by atoms with Crippen molar-refractivity contribution < 1.29 is 32.3 Å². The van der Waals surface area contributed by atoms with E-state index >= 15 is 0 Å².